The van der Waals surface area contributed by atoms with Gasteiger partial charge in [-0.15, -0.1) is 0 Å². The molecule has 33 heavy (non-hydrogen) atoms. The number of nitrogens with zero attached hydrogens (tertiary/aromatic N) is 3. The van der Waals surface area contributed by atoms with Gasteiger partial charge in [-0.25, -0.2) is 0 Å². The third-order valence-electron chi connectivity index (χ3n) is 7.60. The van der Waals surface area contributed by atoms with E-state index in [1.54, 1.807) is 0 Å². The third-order valence-corrected chi connectivity index (χ3v) is 7.60. The molecule has 0 unspecified atom stereocenters. The second-order valence-electron chi connectivity index (χ2n) is 12.2. The van der Waals surface area contributed by atoms with Crippen LogP contribution in [0.3, 0.4) is 0 Å². The Hall–Kier alpha value is -1.91. The highest BCUT2D eigenvalue weighted by molar-refractivity contribution is 5.48. The zero-order valence-corrected chi connectivity index (χ0v) is 21.6. The summed E-state index contributed by atoms with van der Waals surface area (Å²) in [5.74, 6) is 0.498. The molecule has 1 N–H and O–H groups in total. The molecule has 3 heterocycles. The summed E-state index contributed by atoms with van der Waals surface area (Å²) in [5, 5.41) is 11.3. The van der Waals surface area contributed by atoms with Crippen LogP contribution in [-0.4, -0.2) is 45.1 Å². The molecule has 2 aliphatic heterocycles. The number of likely N-dealkylation sites (tertiary alicyclic amines) is 2. The average molecular weight is 450 g/mol. The molecule has 2 aliphatic rings. The summed E-state index contributed by atoms with van der Waals surface area (Å²) < 4.78 is 0. The van der Waals surface area contributed by atoms with Crippen LogP contribution in [0.5, 0.6) is 5.75 Å². The number of benzene rings is 1. The Morgan fingerprint density at radius 3 is 2.06 bits per heavy atom. The third kappa shape index (κ3) is 5.44. The van der Waals surface area contributed by atoms with Crippen molar-refractivity contribution in [3.05, 3.63) is 58.9 Å². The summed E-state index contributed by atoms with van der Waals surface area (Å²) in [6, 6.07) is 11.8. The lowest BCUT2D eigenvalue weighted by Crippen LogP contribution is -2.45. The van der Waals surface area contributed by atoms with Gasteiger partial charge >= 0.3 is 0 Å². The smallest absolute Gasteiger partial charge is 0.123 e. The molecule has 2 aromatic rings. The lowest BCUT2D eigenvalue weighted by molar-refractivity contribution is 0.122. The lowest BCUT2D eigenvalue weighted by atomic mass is 9.79. The van der Waals surface area contributed by atoms with E-state index in [1.807, 2.05) is 12.3 Å². The minimum absolute atomic E-state index is 0.0534. The number of aromatic nitrogens is 1. The van der Waals surface area contributed by atoms with E-state index >= 15 is 0 Å². The summed E-state index contributed by atoms with van der Waals surface area (Å²) in [6.07, 6.45) is 6.91. The van der Waals surface area contributed by atoms with Gasteiger partial charge in [0.25, 0.3) is 0 Å². The van der Waals surface area contributed by atoms with Crippen molar-refractivity contribution in [2.24, 2.45) is 0 Å². The highest BCUT2D eigenvalue weighted by Gasteiger charge is 2.38. The van der Waals surface area contributed by atoms with Crippen molar-refractivity contribution in [3.8, 4) is 5.75 Å². The quantitative estimate of drug-likeness (QED) is 0.607. The number of rotatable bonds is 5. The van der Waals surface area contributed by atoms with E-state index in [9.17, 15) is 5.11 Å². The van der Waals surface area contributed by atoms with Gasteiger partial charge < -0.3 is 5.11 Å². The standard InChI is InChI=1S/C29H43N3O/c1-28(2,3)22-17-21(27(33)24(18-22)29(4,5)6)19-31-15-9-12-25(31)26-13-10-16-32(26)20-23-11-7-8-14-30-23/h7-8,11,14,17-18,25-26,33H,9-10,12-13,15-16,19-20H2,1-6H3/t25-,26-/m1/s1. The Balaban J connectivity index is 1.58. The van der Waals surface area contributed by atoms with Crippen LogP contribution in [-0.2, 0) is 23.9 Å². The molecule has 2 saturated heterocycles. The van der Waals surface area contributed by atoms with E-state index < -0.39 is 0 Å². The second kappa shape index (κ2) is 9.38. The van der Waals surface area contributed by atoms with E-state index in [4.69, 9.17) is 0 Å². The van der Waals surface area contributed by atoms with Crippen molar-refractivity contribution in [1.29, 1.82) is 0 Å². The SMILES string of the molecule is CC(C)(C)c1cc(CN2CCC[C@@H]2[C@H]2CCCN2Cc2ccccn2)c(O)c(C(C)(C)C)c1. The molecule has 2 fully saturated rings. The van der Waals surface area contributed by atoms with Gasteiger partial charge in [0, 0.05) is 36.9 Å². The Kier molecular flexibility index (Phi) is 6.89. The first-order valence-electron chi connectivity index (χ1n) is 12.8. The highest BCUT2D eigenvalue weighted by Crippen LogP contribution is 2.39. The van der Waals surface area contributed by atoms with Crippen LogP contribution in [0.15, 0.2) is 36.5 Å². The first kappa shape index (κ1) is 24.2. The van der Waals surface area contributed by atoms with Crippen LogP contribution < -0.4 is 0 Å². The van der Waals surface area contributed by atoms with Crippen molar-refractivity contribution in [3.63, 3.8) is 0 Å². The summed E-state index contributed by atoms with van der Waals surface area (Å²) >= 11 is 0. The van der Waals surface area contributed by atoms with Crippen LogP contribution in [0.25, 0.3) is 0 Å². The Labute approximate surface area is 201 Å². The van der Waals surface area contributed by atoms with Gasteiger partial charge in [0.15, 0.2) is 0 Å². The van der Waals surface area contributed by atoms with E-state index in [-0.39, 0.29) is 10.8 Å². The number of phenols is 1. The fraction of sp³-hybridized carbons (Fsp3) is 0.621. The minimum Gasteiger partial charge on any atom is -0.507 e. The zero-order chi connectivity index (χ0) is 23.8. The van der Waals surface area contributed by atoms with Crippen LogP contribution in [0.1, 0.15) is 89.6 Å². The molecule has 2 atom stereocenters. The van der Waals surface area contributed by atoms with Crippen molar-refractivity contribution in [1.82, 2.24) is 14.8 Å². The number of phenolic OH excluding ortho intramolecular Hbond substituents is 1. The van der Waals surface area contributed by atoms with Gasteiger partial charge in [0.1, 0.15) is 5.75 Å². The predicted molar refractivity (Wildman–Crippen MR) is 137 cm³/mol. The summed E-state index contributed by atoms with van der Waals surface area (Å²) in [7, 11) is 0. The van der Waals surface area contributed by atoms with E-state index in [0.717, 1.165) is 37.3 Å². The largest absolute Gasteiger partial charge is 0.507 e. The van der Waals surface area contributed by atoms with Crippen molar-refractivity contribution >= 4 is 0 Å². The lowest BCUT2D eigenvalue weighted by Gasteiger charge is -2.36. The van der Waals surface area contributed by atoms with Crippen molar-refractivity contribution < 1.29 is 5.11 Å². The van der Waals surface area contributed by atoms with Gasteiger partial charge in [0.2, 0.25) is 0 Å². The summed E-state index contributed by atoms with van der Waals surface area (Å²) in [6.45, 7) is 17.4. The molecule has 0 saturated carbocycles. The molecule has 180 valence electrons. The second-order valence-corrected chi connectivity index (χ2v) is 12.2. The van der Waals surface area contributed by atoms with Crippen LogP contribution in [0, 0.1) is 0 Å². The van der Waals surface area contributed by atoms with E-state index in [0.29, 0.717) is 17.8 Å². The molecule has 0 bridgehead atoms. The highest BCUT2D eigenvalue weighted by atomic mass is 16.3. The molecule has 0 radical (unpaired) electrons. The van der Waals surface area contributed by atoms with Crippen LogP contribution >= 0.6 is 0 Å². The molecular weight excluding hydrogens is 406 g/mol. The van der Waals surface area contributed by atoms with Crippen LogP contribution in [0.2, 0.25) is 0 Å². The number of hydrogen-bond donors (Lipinski definition) is 1. The topological polar surface area (TPSA) is 39.6 Å². The minimum atomic E-state index is -0.0879. The maximum absolute atomic E-state index is 11.3. The van der Waals surface area contributed by atoms with Crippen molar-refractivity contribution in [2.75, 3.05) is 13.1 Å². The predicted octanol–water partition coefficient (Wildman–Crippen LogP) is 6.01. The van der Waals surface area contributed by atoms with Gasteiger partial charge in [-0.3, -0.25) is 14.8 Å². The average Bonchev–Trinajstić information content (AvgIpc) is 3.37. The van der Waals surface area contributed by atoms with Gasteiger partial charge in [0.05, 0.1) is 5.69 Å². The first-order chi connectivity index (χ1) is 15.5. The number of hydrogen-bond acceptors (Lipinski definition) is 4. The molecule has 4 nitrogen and oxygen atoms in total. The molecule has 4 rings (SSSR count). The first-order valence-corrected chi connectivity index (χ1v) is 12.8. The van der Waals surface area contributed by atoms with Crippen LogP contribution in [0.4, 0.5) is 0 Å². The Morgan fingerprint density at radius 2 is 1.52 bits per heavy atom. The number of pyridine rings is 1. The maximum Gasteiger partial charge on any atom is 0.123 e. The van der Waals surface area contributed by atoms with E-state index in [2.05, 4.69) is 80.6 Å². The monoisotopic (exact) mass is 449 g/mol. The molecule has 0 aliphatic carbocycles. The Bertz CT molecular complexity index is 942. The maximum atomic E-state index is 11.3. The van der Waals surface area contributed by atoms with Gasteiger partial charge in [-0.1, -0.05) is 59.7 Å². The molecule has 4 heteroatoms. The zero-order valence-electron chi connectivity index (χ0n) is 21.6. The van der Waals surface area contributed by atoms with Crippen molar-refractivity contribution in [2.45, 2.75) is 103 Å². The van der Waals surface area contributed by atoms with Gasteiger partial charge in [-0.2, -0.15) is 0 Å². The fourth-order valence-corrected chi connectivity index (χ4v) is 5.71. The summed E-state index contributed by atoms with van der Waals surface area (Å²) in [4.78, 5) is 9.88. The molecule has 1 aromatic heterocycles. The molecule has 0 spiro atoms. The summed E-state index contributed by atoms with van der Waals surface area (Å²) in [5.41, 5.74) is 4.60. The van der Waals surface area contributed by atoms with Gasteiger partial charge in [-0.05, 0) is 72.9 Å². The fourth-order valence-electron chi connectivity index (χ4n) is 5.71. The number of aromatic hydroxyl groups is 1. The molecule has 1 aromatic carbocycles. The van der Waals surface area contributed by atoms with E-state index in [1.165, 1.54) is 36.9 Å². The Morgan fingerprint density at radius 1 is 0.879 bits per heavy atom. The molecule has 0 amide bonds. The normalized spacial score (nSPS) is 22.8. The molecular formula is C29H43N3O.